The highest BCUT2D eigenvalue weighted by Gasteiger charge is 2.17. The quantitative estimate of drug-likeness (QED) is 0.812. The van der Waals surface area contributed by atoms with Crippen LogP contribution in [0, 0.1) is 12.7 Å². The number of carbonyl (C=O) groups is 1. The van der Waals surface area contributed by atoms with Gasteiger partial charge in [0.2, 0.25) is 0 Å². The molecule has 27 heavy (non-hydrogen) atoms. The minimum absolute atomic E-state index is 0.0292. The van der Waals surface area contributed by atoms with E-state index in [0.29, 0.717) is 12.3 Å². The zero-order valence-corrected chi connectivity index (χ0v) is 15.7. The molecule has 0 unspecified atom stereocenters. The normalized spacial score (nSPS) is 14.8. The van der Waals surface area contributed by atoms with Gasteiger partial charge in [0.05, 0.1) is 0 Å². The van der Waals surface area contributed by atoms with Gasteiger partial charge in [-0.25, -0.2) is 4.39 Å². The summed E-state index contributed by atoms with van der Waals surface area (Å²) in [5.41, 5.74) is 2.21. The first-order chi connectivity index (χ1) is 13.1. The molecule has 1 N–H and O–H groups in total. The number of halogens is 1. The fourth-order valence-corrected chi connectivity index (χ4v) is 3.07. The van der Waals surface area contributed by atoms with Crippen LogP contribution in [0.2, 0.25) is 0 Å². The second kappa shape index (κ2) is 9.37. The molecule has 0 bridgehead atoms. The summed E-state index contributed by atoms with van der Waals surface area (Å²) in [5, 5.41) is 2.90. The van der Waals surface area contributed by atoms with Crippen molar-refractivity contribution in [3.05, 3.63) is 59.9 Å². The number of carbonyl (C=O) groups excluding carboxylic acids is 1. The van der Waals surface area contributed by atoms with Crippen molar-refractivity contribution >= 4 is 11.6 Å². The maximum absolute atomic E-state index is 13.0. The number of nitrogens with one attached hydrogen (secondary N) is 1. The predicted molar refractivity (Wildman–Crippen MR) is 105 cm³/mol. The van der Waals surface area contributed by atoms with Crippen molar-refractivity contribution in [3.8, 4) is 5.75 Å². The van der Waals surface area contributed by atoms with Crippen molar-refractivity contribution in [3.63, 3.8) is 0 Å². The van der Waals surface area contributed by atoms with Gasteiger partial charge in [0, 0.05) is 45.0 Å². The third-order valence-electron chi connectivity index (χ3n) is 4.71. The second-order valence-corrected chi connectivity index (χ2v) is 6.76. The molecule has 6 heteroatoms. The van der Waals surface area contributed by atoms with Gasteiger partial charge in [0.1, 0.15) is 11.6 Å². The van der Waals surface area contributed by atoms with Gasteiger partial charge in [-0.3, -0.25) is 9.69 Å². The Bertz CT molecular complexity index is 726. The summed E-state index contributed by atoms with van der Waals surface area (Å²) in [5.74, 6) is 0.382. The highest BCUT2D eigenvalue weighted by molar-refractivity contribution is 5.77. The summed E-state index contributed by atoms with van der Waals surface area (Å²) in [6.45, 7) is 7.10. The van der Waals surface area contributed by atoms with E-state index in [4.69, 9.17) is 4.74 Å². The highest BCUT2D eigenvalue weighted by Crippen LogP contribution is 2.16. The van der Waals surface area contributed by atoms with Crippen LogP contribution in [0.1, 0.15) is 5.56 Å². The molecule has 0 aliphatic carbocycles. The first-order valence-corrected chi connectivity index (χ1v) is 9.29. The number of hydrogen-bond donors (Lipinski definition) is 1. The number of nitrogens with zero attached hydrogens (tertiary/aromatic N) is 2. The van der Waals surface area contributed by atoms with E-state index in [2.05, 4.69) is 15.1 Å². The number of aryl methyl sites for hydroxylation is 1. The SMILES string of the molecule is Cc1ccc(OCC(=O)NCCN2CCN(c3ccc(F)cc3)CC2)cc1. The van der Waals surface area contributed by atoms with Crippen LogP contribution in [0.5, 0.6) is 5.75 Å². The van der Waals surface area contributed by atoms with E-state index in [1.807, 2.05) is 43.3 Å². The number of anilines is 1. The molecule has 2 aromatic rings. The van der Waals surface area contributed by atoms with E-state index in [1.165, 1.54) is 12.1 Å². The van der Waals surface area contributed by atoms with Crippen LogP contribution in [0.3, 0.4) is 0 Å². The molecule has 2 aromatic carbocycles. The van der Waals surface area contributed by atoms with E-state index >= 15 is 0 Å². The Morgan fingerprint density at radius 3 is 2.37 bits per heavy atom. The number of rotatable bonds is 7. The Hall–Kier alpha value is -2.60. The predicted octanol–water partition coefficient (Wildman–Crippen LogP) is 2.45. The lowest BCUT2D eigenvalue weighted by molar-refractivity contribution is -0.123. The standard InChI is InChI=1S/C21H26FN3O2/c1-17-2-8-20(9-3-17)27-16-21(26)23-10-11-24-12-14-25(15-13-24)19-6-4-18(22)5-7-19/h2-9H,10-16H2,1H3,(H,23,26). The molecule has 0 saturated carbocycles. The highest BCUT2D eigenvalue weighted by atomic mass is 19.1. The molecule has 1 fully saturated rings. The summed E-state index contributed by atoms with van der Waals surface area (Å²) in [6, 6.07) is 14.3. The second-order valence-electron chi connectivity index (χ2n) is 6.76. The third-order valence-corrected chi connectivity index (χ3v) is 4.71. The van der Waals surface area contributed by atoms with Gasteiger partial charge in [-0.15, -0.1) is 0 Å². The smallest absolute Gasteiger partial charge is 0.257 e. The summed E-state index contributed by atoms with van der Waals surface area (Å²) >= 11 is 0. The van der Waals surface area contributed by atoms with Crippen molar-refractivity contribution in [2.45, 2.75) is 6.92 Å². The van der Waals surface area contributed by atoms with Crippen molar-refractivity contribution in [2.24, 2.45) is 0 Å². The first-order valence-electron chi connectivity index (χ1n) is 9.29. The molecule has 144 valence electrons. The summed E-state index contributed by atoms with van der Waals surface area (Å²) in [7, 11) is 0. The van der Waals surface area contributed by atoms with Gasteiger partial charge >= 0.3 is 0 Å². The van der Waals surface area contributed by atoms with Crippen LogP contribution in [-0.2, 0) is 4.79 Å². The topological polar surface area (TPSA) is 44.8 Å². The van der Waals surface area contributed by atoms with Crippen LogP contribution in [0.25, 0.3) is 0 Å². The van der Waals surface area contributed by atoms with Crippen molar-refractivity contribution in [2.75, 3.05) is 50.8 Å². The van der Waals surface area contributed by atoms with Crippen molar-refractivity contribution < 1.29 is 13.9 Å². The van der Waals surface area contributed by atoms with E-state index < -0.39 is 0 Å². The number of benzene rings is 2. The van der Waals surface area contributed by atoms with Gasteiger partial charge in [-0.1, -0.05) is 17.7 Å². The van der Waals surface area contributed by atoms with Gasteiger partial charge in [-0.05, 0) is 43.3 Å². The maximum Gasteiger partial charge on any atom is 0.257 e. The van der Waals surface area contributed by atoms with E-state index in [-0.39, 0.29) is 18.3 Å². The minimum Gasteiger partial charge on any atom is -0.484 e. The lowest BCUT2D eigenvalue weighted by Gasteiger charge is -2.36. The van der Waals surface area contributed by atoms with Crippen LogP contribution in [-0.4, -0.2) is 56.7 Å². The molecule has 0 aromatic heterocycles. The van der Waals surface area contributed by atoms with Crippen molar-refractivity contribution in [1.82, 2.24) is 10.2 Å². The first kappa shape index (κ1) is 19.2. The van der Waals surface area contributed by atoms with Gasteiger partial charge in [0.25, 0.3) is 5.91 Å². The Morgan fingerprint density at radius 2 is 1.70 bits per heavy atom. The Balaban J connectivity index is 1.31. The molecular formula is C21H26FN3O2. The average molecular weight is 371 g/mol. The van der Waals surface area contributed by atoms with Gasteiger partial charge in [0.15, 0.2) is 6.61 Å². The maximum atomic E-state index is 13.0. The third kappa shape index (κ3) is 5.96. The Labute approximate surface area is 159 Å². The molecule has 0 radical (unpaired) electrons. The van der Waals surface area contributed by atoms with Crippen molar-refractivity contribution in [1.29, 1.82) is 0 Å². The largest absolute Gasteiger partial charge is 0.484 e. The molecule has 1 saturated heterocycles. The monoisotopic (exact) mass is 371 g/mol. The Kier molecular flexibility index (Phi) is 6.65. The molecule has 1 aliphatic rings. The molecule has 1 amide bonds. The lowest BCUT2D eigenvalue weighted by atomic mass is 10.2. The summed E-state index contributed by atoms with van der Waals surface area (Å²) in [4.78, 5) is 16.5. The Morgan fingerprint density at radius 1 is 1.04 bits per heavy atom. The van der Waals surface area contributed by atoms with Gasteiger partial charge in [-0.2, -0.15) is 0 Å². The van der Waals surface area contributed by atoms with Crippen LogP contribution in [0.4, 0.5) is 10.1 Å². The fraction of sp³-hybridized carbons (Fsp3) is 0.381. The zero-order chi connectivity index (χ0) is 19.1. The van der Waals surface area contributed by atoms with Crippen LogP contribution in [0.15, 0.2) is 48.5 Å². The minimum atomic E-state index is -0.209. The average Bonchev–Trinajstić information content (AvgIpc) is 2.69. The lowest BCUT2D eigenvalue weighted by Crippen LogP contribution is -2.48. The number of hydrogen-bond acceptors (Lipinski definition) is 4. The van der Waals surface area contributed by atoms with Crippen LogP contribution < -0.4 is 15.0 Å². The molecule has 0 spiro atoms. The number of piperazine rings is 1. The zero-order valence-electron chi connectivity index (χ0n) is 15.7. The number of ether oxygens (including phenoxy) is 1. The number of amides is 1. The molecular weight excluding hydrogens is 345 g/mol. The van der Waals surface area contributed by atoms with E-state index in [0.717, 1.165) is 44.0 Å². The molecule has 1 aliphatic heterocycles. The molecule has 1 heterocycles. The molecule has 3 rings (SSSR count). The molecule has 5 nitrogen and oxygen atoms in total. The van der Waals surface area contributed by atoms with Gasteiger partial charge < -0.3 is 15.0 Å². The fourth-order valence-electron chi connectivity index (χ4n) is 3.07. The summed E-state index contributed by atoms with van der Waals surface area (Å²) < 4.78 is 18.5. The van der Waals surface area contributed by atoms with Crippen LogP contribution >= 0.6 is 0 Å². The summed E-state index contributed by atoms with van der Waals surface area (Å²) in [6.07, 6.45) is 0. The van der Waals surface area contributed by atoms with E-state index in [1.54, 1.807) is 0 Å². The van der Waals surface area contributed by atoms with E-state index in [9.17, 15) is 9.18 Å². The molecule has 0 atom stereocenters.